The van der Waals surface area contributed by atoms with Crippen molar-refractivity contribution < 1.29 is 9.90 Å². The van der Waals surface area contributed by atoms with E-state index in [1.807, 2.05) is 28.8 Å². The lowest BCUT2D eigenvalue weighted by Gasteiger charge is -2.06. The number of primary amides is 1. The van der Waals surface area contributed by atoms with Gasteiger partial charge in [0, 0.05) is 21.8 Å². The fraction of sp³-hybridized carbons (Fsp3) is 0. The summed E-state index contributed by atoms with van der Waals surface area (Å²) in [4.78, 5) is 15.2. The molecule has 6 heteroatoms. The van der Waals surface area contributed by atoms with Crippen LogP contribution in [0.15, 0.2) is 59.3 Å². The number of carbonyl (C=O) groups excluding carboxylic acids is 1. The predicted octanol–water partition coefficient (Wildman–Crippen LogP) is 3.17. The summed E-state index contributed by atoms with van der Waals surface area (Å²) in [5.41, 5.74) is 8.11. The van der Waals surface area contributed by atoms with Crippen LogP contribution in [-0.2, 0) is 4.79 Å². The summed E-state index contributed by atoms with van der Waals surface area (Å²) in [6, 6.07) is 13.0. The molecule has 3 rings (SSSR count). The number of aromatic nitrogens is 2. The molecule has 0 bridgehead atoms. The Kier molecular flexibility index (Phi) is 3.68. The number of carbonyl (C=O) groups is 1. The van der Waals surface area contributed by atoms with Crippen molar-refractivity contribution in [3.8, 4) is 5.69 Å². The largest absolute Gasteiger partial charge is 0.507 e. The lowest BCUT2D eigenvalue weighted by molar-refractivity contribution is -0.113. The smallest absolute Gasteiger partial charge is 0.245 e. The zero-order chi connectivity index (χ0) is 15.7. The van der Waals surface area contributed by atoms with Crippen molar-refractivity contribution in [2.24, 2.45) is 5.73 Å². The molecule has 0 saturated carbocycles. The minimum absolute atomic E-state index is 0.170. The second-order valence-electron chi connectivity index (χ2n) is 4.73. The predicted molar refractivity (Wildman–Crippen MR) is 88.6 cm³/mol. The summed E-state index contributed by atoms with van der Waals surface area (Å²) >= 11 is 3.44. The van der Waals surface area contributed by atoms with Gasteiger partial charge in [-0.25, -0.2) is 4.98 Å². The van der Waals surface area contributed by atoms with E-state index in [1.54, 1.807) is 24.5 Å². The van der Waals surface area contributed by atoms with Crippen LogP contribution < -0.4 is 5.73 Å². The molecule has 22 heavy (non-hydrogen) atoms. The van der Waals surface area contributed by atoms with E-state index < -0.39 is 5.91 Å². The highest BCUT2D eigenvalue weighted by atomic mass is 79.9. The molecule has 0 aliphatic rings. The Labute approximate surface area is 134 Å². The Hall–Kier alpha value is -2.60. The second kappa shape index (κ2) is 5.65. The first kappa shape index (κ1) is 14.3. The van der Waals surface area contributed by atoms with Crippen molar-refractivity contribution in [3.63, 3.8) is 0 Å². The Bertz CT molecular complexity index is 899. The van der Waals surface area contributed by atoms with Crippen LogP contribution in [-0.4, -0.2) is 20.6 Å². The molecule has 110 valence electrons. The highest BCUT2D eigenvalue weighted by molar-refractivity contribution is 9.10. The zero-order valence-corrected chi connectivity index (χ0v) is 13.0. The summed E-state index contributed by atoms with van der Waals surface area (Å²) in [6.45, 7) is 0. The molecule has 0 spiro atoms. The summed E-state index contributed by atoms with van der Waals surface area (Å²) in [6.07, 6.45) is 2.70. The molecule has 0 unspecified atom stereocenters. The molecule has 1 aromatic heterocycles. The molecule has 0 aliphatic heterocycles. The lowest BCUT2D eigenvalue weighted by Crippen LogP contribution is -2.07. The molecule has 0 fully saturated rings. The van der Waals surface area contributed by atoms with E-state index in [0.29, 0.717) is 5.56 Å². The zero-order valence-electron chi connectivity index (χ0n) is 11.4. The normalized spacial score (nSPS) is 11.8. The molecule has 0 atom stereocenters. The molecule has 0 saturated heterocycles. The Balaban J connectivity index is 2.15. The van der Waals surface area contributed by atoms with Gasteiger partial charge < -0.3 is 10.8 Å². The number of aliphatic hydroxyl groups is 1. The maximum atomic E-state index is 10.9. The van der Waals surface area contributed by atoms with Crippen LogP contribution in [0.5, 0.6) is 0 Å². The third-order valence-electron chi connectivity index (χ3n) is 3.21. The van der Waals surface area contributed by atoms with Crippen LogP contribution in [0.25, 0.3) is 22.5 Å². The number of halogens is 1. The van der Waals surface area contributed by atoms with Gasteiger partial charge in [0.15, 0.2) is 0 Å². The Morgan fingerprint density at radius 2 is 2.09 bits per heavy atom. The van der Waals surface area contributed by atoms with E-state index in [2.05, 4.69) is 20.9 Å². The van der Waals surface area contributed by atoms with Gasteiger partial charge in [-0.3, -0.25) is 9.36 Å². The monoisotopic (exact) mass is 357 g/mol. The van der Waals surface area contributed by atoms with Crippen LogP contribution >= 0.6 is 15.9 Å². The molecule has 1 heterocycles. The minimum Gasteiger partial charge on any atom is -0.507 e. The van der Waals surface area contributed by atoms with Crippen molar-refractivity contribution >= 4 is 38.6 Å². The first-order chi connectivity index (χ1) is 10.5. The molecular weight excluding hydrogens is 346 g/mol. The molecular formula is C16H12BrN3O2. The van der Waals surface area contributed by atoms with Gasteiger partial charge in [0.1, 0.15) is 12.1 Å². The van der Waals surface area contributed by atoms with Gasteiger partial charge >= 0.3 is 0 Å². The third-order valence-corrected chi connectivity index (χ3v) is 3.70. The van der Waals surface area contributed by atoms with Crippen molar-refractivity contribution in [2.75, 3.05) is 0 Å². The number of benzene rings is 2. The topological polar surface area (TPSA) is 81.1 Å². The molecule has 3 aromatic rings. The van der Waals surface area contributed by atoms with Crippen LogP contribution in [0, 0.1) is 0 Å². The van der Waals surface area contributed by atoms with E-state index in [4.69, 9.17) is 5.73 Å². The fourth-order valence-electron chi connectivity index (χ4n) is 2.22. The van der Waals surface area contributed by atoms with Crippen molar-refractivity contribution in [3.05, 3.63) is 64.9 Å². The van der Waals surface area contributed by atoms with Crippen LogP contribution in [0.4, 0.5) is 0 Å². The standard InChI is InChI=1S/C16H12BrN3O2/c17-11-2-1-3-12(7-11)20-9-19-13-5-4-10(6-14(13)20)15(21)8-16(18)22/h1-9,21H,(H2,18,22)/b15-8-. The second-order valence-corrected chi connectivity index (χ2v) is 5.65. The number of nitrogens with two attached hydrogens (primary N) is 1. The molecule has 1 amide bonds. The van der Waals surface area contributed by atoms with Gasteiger partial charge in [0.25, 0.3) is 0 Å². The number of hydrogen-bond acceptors (Lipinski definition) is 3. The number of rotatable bonds is 3. The number of aliphatic hydroxyl groups excluding tert-OH is 1. The maximum Gasteiger partial charge on any atom is 0.245 e. The van der Waals surface area contributed by atoms with Gasteiger partial charge in [0.05, 0.1) is 11.0 Å². The van der Waals surface area contributed by atoms with Crippen LogP contribution in [0.2, 0.25) is 0 Å². The number of hydrogen-bond donors (Lipinski definition) is 2. The molecule has 2 aromatic carbocycles. The fourth-order valence-corrected chi connectivity index (χ4v) is 2.60. The van der Waals surface area contributed by atoms with Crippen molar-refractivity contribution in [1.82, 2.24) is 9.55 Å². The quantitative estimate of drug-likeness (QED) is 0.557. The lowest BCUT2D eigenvalue weighted by atomic mass is 10.1. The summed E-state index contributed by atoms with van der Waals surface area (Å²) in [5, 5.41) is 9.92. The van der Waals surface area contributed by atoms with E-state index in [9.17, 15) is 9.90 Å². The molecule has 0 aliphatic carbocycles. The van der Waals surface area contributed by atoms with Gasteiger partial charge in [0.2, 0.25) is 5.91 Å². The number of nitrogens with zero attached hydrogens (tertiary/aromatic N) is 2. The molecule has 3 N–H and O–H groups in total. The molecule has 0 radical (unpaired) electrons. The number of amides is 1. The number of imidazole rings is 1. The average molecular weight is 358 g/mol. The van der Waals surface area contributed by atoms with Gasteiger partial charge in [-0.2, -0.15) is 0 Å². The van der Waals surface area contributed by atoms with Gasteiger partial charge in [-0.15, -0.1) is 0 Å². The summed E-state index contributed by atoms with van der Waals surface area (Å²) in [5.74, 6) is -0.866. The van der Waals surface area contributed by atoms with Gasteiger partial charge in [-0.05, 0) is 36.4 Å². The van der Waals surface area contributed by atoms with E-state index >= 15 is 0 Å². The number of fused-ring (bicyclic) bond motifs is 1. The third kappa shape index (κ3) is 2.73. The highest BCUT2D eigenvalue weighted by Gasteiger charge is 2.08. The highest BCUT2D eigenvalue weighted by Crippen LogP contribution is 2.23. The first-order valence-electron chi connectivity index (χ1n) is 6.48. The van der Waals surface area contributed by atoms with Crippen LogP contribution in [0.1, 0.15) is 5.56 Å². The Morgan fingerprint density at radius 3 is 2.82 bits per heavy atom. The van der Waals surface area contributed by atoms with Crippen molar-refractivity contribution in [1.29, 1.82) is 0 Å². The first-order valence-corrected chi connectivity index (χ1v) is 7.27. The minimum atomic E-state index is -0.696. The van der Waals surface area contributed by atoms with E-state index in [-0.39, 0.29) is 5.76 Å². The van der Waals surface area contributed by atoms with E-state index in [1.165, 1.54) is 0 Å². The Morgan fingerprint density at radius 1 is 1.27 bits per heavy atom. The van der Waals surface area contributed by atoms with Crippen molar-refractivity contribution in [2.45, 2.75) is 0 Å². The maximum absolute atomic E-state index is 10.9. The summed E-state index contributed by atoms with van der Waals surface area (Å²) in [7, 11) is 0. The summed E-state index contributed by atoms with van der Waals surface area (Å²) < 4.78 is 2.86. The van der Waals surface area contributed by atoms with Gasteiger partial charge in [-0.1, -0.05) is 22.0 Å². The van der Waals surface area contributed by atoms with E-state index in [0.717, 1.165) is 27.3 Å². The average Bonchev–Trinajstić information content (AvgIpc) is 2.89. The SMILES string of the molecule is NC(=O)/C=C(\O)c1ccc2ncn(-c3cccc(Br)c3)c2c1. The van der Waals surface area contributed by atoms with Crippen LogP contribution in [0.3, 0.4) is 0 Å². The molecule has 5 nitrogen and oxygen atoms in total.